The van der Waals surface area contributed by atoms with Crippen molar-refractivity contribution < 1.29 is 45.1 Å². The molecule has 1 heterocycles. The fourth-order valence-corrected chi connectivity index (χ4v) is 21.2. The van der Waals surface area contributed by atoms with Crippen LogP contribution in [0.5, 0.6) is 0 Å². The van der Waals surface area contributed by atoms with Crippen LogP contribution in [-0.2, 0) is 20.3 Å². The molecular weight excluding hydrogens is 498 g/mol. The molecule has 0 amide bonds. The van der Waals surface area contributed by atoms with Crippen molar-refractivity contribution in [3.63, 3.8) is 0 Å². The van der Waals surface area contributed by atoms with Crippen molar-refractivity contribution in [1.82, 2.24) is 0 Å². The number of rotatable bonds is 2. The predicted octanol–water partition coefficient (Wildman–Crippen LogP) is 1.92. The Kier molecular flexibility index (Phi) is 5.29. The largest absolute Gasteiger partial charge is 1.00 e. The second-order valence-corrected chi connectivity index (χ2v) is 20.0. The quantitative estimate of drug-likeness (QED) is 0.355. The Morgan fingerprint density at radius 3 is 1.97 bits per heavy atom. The van der Waals surface area contributed by atoms with Crippen molar-refractivity contribution in [3.8, 4) is 11.1 Å². The van der Waals surface area contributed by atoms with Crippen LogP contribution >= 0.6 is 0 Å². The van der Waals surface area contributed by atoms with Gasteiger partial charge in [0.1, 0.15) is 0 Å². The molecule has 1 aliphatic heterocycles. The Balaban J connectivity index is 0.00000102. The molecule has 31 heavy (non-hydrogen) atoms. The minimum Gasteiger partial charge on any atom is -1.00 e. The van der Waals surface area contributed by atoms with Crippen LogP contribution in [0.2, 0.25) is 8.26 Å². The molecule has 152 valence electrons. The van der Waals surface area contributed by atoms with E-state index in [0.717, 1.165) is 0 Å². The van der Waals surface area contributed by atoms with E-state index in [1.54, 1.807) is 11.1 Å². The van der Waals surface area contributed by atoms with Crippen molar-refractivity contribution in [2.24, 2.45) is 0 Å². The summed E-state index contributed by atoms with van der Waals surface area (Å²) < 4.78 is 5.56. The van der Waals surface area contributed by atoms with Crippen molar-refractivity contribution in [2.75, 3.05) is 0 Å². The second kappa shape index (κ2) is 7.73. The monoisotopic (exact) mass is 518 g/mol. The fraction of sp³-hybridized carbons (Fsp3) is 0.143. The van der Waals surface area contributed by atoms with Gasteiger partial charge in [0.2, 0.25) is 0 Å². The summed E-state index contributed by atoms with van der Waals surface area (Å²) in [5.74, 6) is 0. The van der Waals surface area contributed by atoms with E-state index in [4.69, 9.17) is 0 Å². The number of hydrogen-bond acceptors (Lipinski definition) is 0. The molecule has 3 heteroatoms. The van der Waals surface area contributed by atoms with Gasteiger partial charge in [0.25, 0.3) is 0 Å². The van der Waals surface area contributed by atoms with Crippen LogP contribution in [-0.4, -0.2) is 0 Å². The van der Waals surface area contributed by atoms with E-state index in [9.17, 15) is 0 Å². The Hall–Kier alpha value is -1.66. The Morgan fingerprint density at radius 1 is 0.677 bits per heavy atom. The molecule has 0 aromatic heterocycles. The van der Waals surface area contributed by atoms with E-state index in [1.165, 1.54) is 47.4 Å². The standard InChI is InChI=1S/C21H13.C5H5.C2H4.2ClH.Zr/c1-2-8-15-14(7-1)13-20-18-11-4-3-9-16(18)17-10-5-6-12-19(17)21(15)20;1-2-4-5-3-1;1-2;;;/h1-13H;1-3H,4H2;1-2H2;2*1H;/q;;;;;+2/p-2. The molecule has 1 saturated heterocycles. The minimum absolute atomic E-state index is 0. The van der Waals surface area contributed by atoms with Gasteiger partial charge in [-0.25, -0.2) is 0 Å². The van der Waals surface area contributed by atoms with E-state index in [0.29, 0.717) is 3.63 Å². The third-order valence-corrected chi connectivity index (χ3v) is 19.7. The SMILES string of the molecule is C1=CC[C]([Zr+2]2([CH]3c4ccccc4-c4c3c3ccccc3c3ccccc43)[CH2][CH2]2)=C1.[Cl-].[Cl-]. The zero-order chi connectivity index (χ0) is 19.0. The molecule has 0 saturated carbocycles. The summed E-state index contributed by atoms with van der Waals surface area (Å²) in [6, 6.07) is 27.6. The zero-order valence-electron chi connectivity index (χ0n) is 17.1. The average Bonchev–Trinajstić information content (AvgIpc) is 3.24. The van der Waals surface area contributed by atoms with Crippen LogP contribution in [0, 0.1) is 0 Å². The molecule has 0 bridgehead atoms. The first kappa shape index (κ1) is 21.2. The summed E-state index contributed by atoms with van der Waals surface area (Å²) >= 11 is -2.42. The van der Waals surface area contributed by atoms with Gasteiger partial charge >= 0.3 is 177 Å². The maximum atomic E-state index is 2.49. The van der Waals surface area contributed by atoms with Gasteiger partial charge in [-0.1, -0.05) is 0 Å². The summed E-state index contributed by atoms with van der Waals surface area (Å²) in [5, 5.41) is 5.77. The summed E-state index contributed by atoms with van der Waals surface area (Å²) in [4.78, 5) is 0. The topological polar surface area (TPSA) is 0 Å². The molecule has 1 atom stereocenters. The van der Waals surface area contributed by atoms with Gasteiger partial charge in [-0.2, -0.15) is 0 Å². The van der Waals surface area contributed by atoms with Gasteiger partial charge in [-0.3, -0.25) is 0 Å². The van der Waals surface area contributed by atoms with Crippen molar-refractivity contribution in [2.45, 2.75) is 18.3 Å². The molecule has 3 aliphatic rings. The van der Waals surface area contributed by atoms with Crippen molar-refractivity contribution in [3.05, 3.63) is 105 Å². The maximum absolute atomic E-state index is 2.49. The van der Waals surface area contributed by atoms with Gasteiger partial charge in [-0.05, 0) is 0 Å². The molecule has 0 N–H and O–H groups in total. The number of fused-ring (bicyclic) bond motifs is 8. The Bertz CT molecular complexity index is 1400. The molecular formula is C28H22Cl2Zr. The first-order chi connectivity index (χ1) is 14.4. The van der Waals surface area contributed by atoms with Crippen molar-refractivity contribution in [1.29, 1.82) is 0 Å². The second-order valence-electron chi connectivity index (χ2n) is 8.88. The maximum Gasteiger partial charge on any atom is -1.00 e. The van der Waals surface area contributed by atoms with Crippen molar-refractivity contribution >= 4 is 21.5 Å². The van der Waals surface area contributed by atoms with E-state index in [1.807, 2.05) is 3.28 Å². The number of hydrogen-bond donors (Lipinski definition) is 0. The molecule has 7 rings (SSSR count). The fourth-order valence-electron chi connectivity index (χ4n) is 6.21. The van der Waals surface area contributed by atoms with E-state index in [2.05, 4.69) is 91.0 Å². The number of allylic oxidation sites excluding steroid dienone is 4. The Morgan fingerprint density at radius 2 is 1.29 bits per heavy atom. The summed E-state index contributed by atoms with van der Waals surface area (Å²) in [7, 11) is 0. The number of benzene rings is 4. The molecule has 0 radical (unpaired) electrons. The summed E-state index contributed by atoms with van der Waals surface area (Å²) in [6.45, 7) is 0. The van der Waals surface area contributed by atoms with Gasteiger partial charge in [0, 0.05) is 0 Å². The van der Waals surface area contributed by atoms with Gasteiger partial charge < -0.3 is 24.8 Å². The molecule has 1 unspecified atom stereocenters. The molecule has 4 aromatic rings. The van der Waals surface area contributed by atoms with Gasteiger partial charge in [-0.15, -0.1) is 0 Å². The van der Waals surface area contributed by atoms with E-state index in [-0.39, 0.29) is 24.8 Å². The third-order valence-electron chi connectivity index (χ3n) is 7.55. The first-order valence-corrected chi connectivity index (χ1v) is 16.9. The molecule has 0 nitrogen and oxygen atoms in total. The third kappa shape index (κ3) is 2.83. The van der Waals surface area contributed by atoms with Crippen LogP contribution in [0.3, 0.4) is 0 Å². The summed E-state index contributed by atoms with van der Waals surface area (Å²) in [6.07, 6.45) is 8.40. The van der Waals surface area contributed by atoms with Crippen LogP contribution in [0.1, 0.15) is 21.2 Å². The molecule has 4 aromatic carbocycles. The van der Waals surface area contributed by atoms with E-state index >= 15 is 0 Å². The van der Waals surface area contributed by atoms with E-state index < -0.39 is 20.3 Å². The predicted molar refractivity (Wildman–Crippen MR) is 120 cm³/mol. The molecule has 0 spiro atoms. The van der Waals surface area contributed by atoms with Gasteiger partial charge in [0.05, 0.1) is 0 Å². The molecule has 2 aliphatic carbocycles. The smallest absolute Gasteiger partial charge is 1.00 e. The van der Waals surface area contributed by atoms with Crippen LogP contribution in [0.25, 0.3) is 32.7 Å². The number of halogens is 2. The normalized spacial score (nSPS) is 18.3. The summed E-state index contributed by atoms with van der Waals surface area (Å²) in [5.41, 5.74) is 6.34. The van der Waals surface area contributed by atoms with Crippen LogP contribution in [0.15, 0.2) is 94.3 Å². The molecule has 1 fully saturated rings. The zero-order valence-corrected chi connectivity index (χ0v) is 21.1. The minimum atomic E-state index is -2.42. The van der Waals surface area contributed by atoms with Gasteiger partial charge in [0.15, 0.2) is 0 Å². The first-order valence-electron chi connectivity index (χ1n) is 10.8. The van der Waals surface area contributed by atoms with Crippen LogP contribution in [0.4, 0.5) is 0 Å². The average molecular weight is 521 g/mol. The Labute approximate surface area is 200 Å². The van der Waals surface area contributed by atoms with Crippen LogP contribution < -0.4 is 24.8 Å².